The Balaban J connectivity index is 2.10. The Kier molecular flexibility index (Phi) is 4.61. The fourth-order valence-corrected chi connectivity index (χ4v) is 2.46. The number of anilines is 1. The van der Waals surface area contributed by atoms with Gasteiger partial charge in [-0.1, -0.05) is 32.0 Å². The lowest BCUT2D eigenvalue weighted by Gasteiger charge is -2.33. The van der Waals surface area contributed by atoms with Crippen LogP contribution in [0.2, 0.25) is 0 Å². The van der Waals surface area contributed by atoms with Gasteiger partial charge in [0.1, 0.15) is 0 Å². The van der Waals surface area contributed by atoms with Gasteiger partial charge in [-0.05, 0) is 24.5 Å². The van der Waals surface area contributed by atoms with Crippen molar-refractivity contribution in [3.8, 4) is 0 Å². The molecule has 3 heteroatoms. The molecule has 0 radical (unpaired) electrons. The summed E-state index contributed by atoms with van der Waals surface area (Å²) < 4.78 is 0. The zero-order valence-corrected chi connectivity index (χ0v) is 11.4. The Morgan fingerprint density at radius 2 is 2.17 bits per heavy atom. The molecule has 1 atom stereocenters. The molecule has 1 aromatic rings. The predicted molar refractivity (Wildman–Crippen MR) is 75.9 cm³/mol. The van der Waals surface area contributed by atoms with Gasteiger partial charge < -0.3 is 15.3 Å². The summed E-state index contributed by atoms with van der Waals surface area (Å²) in [5.41, 5.74) is 2.59. The number of nitrogens with one attached hydrogen (secondary N) is 1. The van der Waals surface area contributed by atoms with Gasteiger partial charge in [-0.15, -0.1) is 0 Å². The zero-order valence-electron chi connectivity index (χ0n) is 11.4. The maximum absolute atomic E-state index is 9.79. The van der Waals surface area contributed by atoms with E-state index in [2.05, 4.69) is 48.3 Å². The molecule has 0 bridgehead atoms. The number of benzene rings is 1. The number of rotatable bonds is 4. The van der Waals surface area contributed by atoms with Crippen LogP contribution in [-0.4, -0.2) is 30.3 Å². The Bertz CT molecular complexity index is 379. The number of hydrogen-bond acceptors (Lipinski definition) is 3. The van der Waals surface area contributed by atoms with E-state index in [1.165, 1.54) is 11.3 Å². The summed E-state index contributed by atoms with van der Waals surface area (Å²) in [4.78, 5) is 2.31. The number of aliphatic hydroxyl groups is 1. The quantitative estimate of drug-likeness (QED) is 0.857. The van der Waals surface area contributed by atoms with Crippen molar-refractivity contribution in [1.82, 2.24) is 5.32 Å². The van der Waals surface area contributed by atoms with E-state index in [1.807, 2.05) is 0 Å². The number of nitrogens with zero attached hydrogens (tertiary/aromatic N) is 1. The lowest BCUT2D eigenvalue weighted by Crippen LogP contribution is -2.39. The van der Waals surface area contributed by atoms with Crippen LogP contribution in [0, 0.1) is 0 Å². The van der Waals surface area contributed by atoms with Gasteiger partial charge in [0.15, 0.2) is 0 Å². The zero-order chi connectivity index (χ0) is 13.0. The second-order valence-electron chi connectivity index (χ2n) is 5.41. The summed E-state index contributed by atoms with van der Waals surface area (Å²) in [5, 5.41) is 13.3. The number of aliphatic hydroxyl groups excluding tert-OH is 1. The predicted octanol–water partition coefficient (Wildman–Crippen LogP) is 2.15. The molecule has 2 rings (SSSR count). The van der Waals surface area contributed by atoms with Crippen LogP contribution in [0.15, 0.2) is 24.3 Å². The SMILES string of the molecule is CC(C)NCc1ccccc1N1CCCC(O)C1. The van der Waals surface area contributed by atoms with Crippen molar-refractivity contribution >= 4 is 5.69 Å². The first kappa shape index (κ1) is 13.4. The lowest BCUT2D eigenvalue weighted by atomic mass is 10.1. The molecular weight excluding hydrogens is 224 g/mol. The first-order valence-electron chi connectivity index (χ1n) is 6.91. The molecule has 0 aliphatic carbocycles. The molecule has 2 N–H and O–H groups in total. The van der Waals surface area contributed by atoms with Crippen LogP contribution in [0.1, 0.15) is 32.3 Å². The van der Waals surface area contributed by atoms with Gasteiger partial charge in [-0.2, -0.15) is 0 Å². The molecule has 1 heterocycles. The van der Waals surface area contributed by atoms with Crippen molar-refractivity contribution in [2.24, 2.45) is 0 Å². The van der Waals surface area contributed by atoms with E-state index < -0.39 is 0 Å². The van der Waals surface area contributed by atoms with E-state index in [0.29, 0.717) is 6.04 Å². The first-order valence-corrected chi connectivity index (χ1v) is 6.91. The highest BCUT2D eigenvalue weighted by molar-refractivity contribution is 5.54. The van der Waals surface area contributed by atoms with Crippen molar-refractivity contribution in [3.63, 3.8) is 0 Å². The summed E-state index contributed by atoms with van der Waals surface area (Å²) in [6.07, 6.45) is 1.83. The van der Waals surface area contributed by atoms with Gasteiger partial charge in [0.2, 0.25) is 0 Å². The molecular formula is C15H24N2O. The van der Waals surface area contributed by atoms with Crippen LogP contribution in [0.5, 0.6) is 0 Å². The summed E-state index contributed by atoms with van der Waals surface area (Å²) in [6.45, 7) is 7.02. The van der Waals surface area contributed by atoms with Crippen LogP contribution in [-0.2, 0) is 6.54 Å². The highest BCUT2D eigenvalue weighted by Crippen LogP contribution is 2.24. The van der Waals surface area contributed by atoms with Crippen LogP contribution in [0.4, 0.5) is 5.69 Å². The Morgan fingerprint density at radius 3 is 2.89 bits per heavy atom. The highest BCUT2D eigenvalue weighted by atomic mass is 16.3. The third-order valence-corrected chi connectivity index (χ3v) is 3.43. The third-order valence-electron chi connectivity index (χ3n) is 3.43. The van der Waals surface area contributed by atoms with E-state index in [9.17, 15) is 5.11 Å². The number of β-amino-alcohol motifs (C(OH)–C–C–N with tert-alkyl or cyclic N) is 1. The van der Waals surface area contributed by atoms with E-state index in [-0.39, 0.29) is 6.10 Å². The lowest BCUT2D eigenvalue weighted by molar-refractivity contribution is 0.154. The van der Waals surface area contributed by atoms with Crippen LogP contribution in [0.3, 0.4) is 0 Å². The molecule has 0 amide bonds. The van der Waals surface area contributed by atoms with Gasteiger partial charge in [-0.25, -0.2) is 0 Å². The van der Waals surface area contributed by atoms with Crippen LogP contribution in [0.25, 0.3) is 0 Å². The third kappa shape index (κ3) is 3.47. The van der Waals surface area contributed by atoms with Crippen molar-refractivity contribution in [3.05, 3.63) is 29.8 Å². The van der Waals surface area contributed by atoms with Gasteiger partial charge in [0.25, 0.3) is 0 Å². The fourth-order valence-electron chi connectivity index (χ4n) is 2.46. The molecule has 100 valence electrons. The molecule has 3 nitrogen and oxygen atoms in total. The van der Waals surface area contributed by atoms with Crippen molar-refractivity contribution in [2.75, 3.05) is 18.0 Å². The smallest absolute Gasteiger partial charge is 0.0715 e. The molecule has 1 unspecified atom stereocenters. The molecule has 18 heavy (non-hydrogen) atoms. The minimum absolute atomic E-state index is 0.176. The first-order chi connectivity index (χ1) is 8.66. The minimum atomic E-state index is -0.176. The monoisotopic (exact) mass is 248 g/mol. The molecule has 0 saturated carbocycles. The van der Waals surface area contributed by atoms with Crippen molar-refractivity contribution in [2.45, 2.75) is 45.4 Å². The van der Waals surface area contributed by atoms with E-state index in [0.717, 1.165) is 32.5 Å². The highest BCUT2D eigenvalue weighted by Gasteiger charge is 2.19. The van der Waals surface area contributed by atoms with Crippen molar-refractivity contribution < 1.29 is 5.11 Å². The standard InChI is InChI=1S/C15H24N2O/c1-12(2)16-10-13-6-3-4-8-15(13)17-9-5-7-14(18)11-17/h3-4,6,8,12,14,16,18H,5,7,9-11H2,1-2H3. The Hall–Kier alpha value is -1.06. The maximum atomic E-state index is 9.79. The fraction of sp³-hybridized carbons (Fsp3) is 0.600. The molecule has 1 saturated heterocycles. The molecule has 1 fully saturated rings. The second-order valence-corrected chi connectivity index (χ2v) is 5.41. The Morgan fingerprint density at radius 1 is 1.39 bits per heavy atom. The van der Waals surface area contributed by atoms with Crippen molar-refractivity contribution in [1.29, 1.82) is 0 Å². The average Bonchev–Trinajstić information content (AvgIpc) is 2.36. The Labute approximate surface area is 110 Å². The molecule has 0 aromatic heterocycles. The summed E-state index contributed by atoms with van der Waals surface area (Å²) in [6, 6.07) is 8.99. The van der Waals surface area contributed by atoms with E-state index in [1.54, 1.807) is 0 Å². The largest absolute Gasteiger partial charge is 0.391 e. The number of hydrogen-bond donors (Lipinski definition) is 2. The normalized spacial score (nSPS) is 20.4. The summed E-state index contributed by atoms with van der Waals surface area (Å²) in [5.74, 6) is 0. The number of para-hydroxylation sites is 1. The molecule has 1 aliphatic heterocycles. The molecule has 1 aliphatic rings. The van der Waals surface area contributed by atoms with E-state index in [4.69, 9.17) is 0 Å². The molecule has 1 aromatic carbocycles. The average molecular weight is 248 g/mol. The maximum Gasteiger partial charge on any atom is 0.0715 e. The summed E-state index contributed by atoms with van der Waals surface area (Å²) in [7, 11) is 0. The van der Waals surface area contributed by atoms with E-state index >= 15 is 0 Å². The van der Waals surface area contributed by atoms with Crippen LogP contribution >= 0.6 is 0 Å². The van der Waals surface area contributed by atoms with Gasteiger partial charge in [0.05, 0.1) is 6.10 Å². The van der Waals surface area contributed by atoms with Gasteiger partial charge >= 0.3 is 0 Å². The topological polar surface area (TPSA) is 35.5 Å². The second kappa shape index (κ2) is 6.21. The molecule has 0 spiro atoms. The minimum Gasteiger partial charge on any atom is -0.391 e. The van der Waals surface area contributed by atoms with Gasteiger partial charge in [-0.3, -0.25) is 0 Å². The number of piperidine rings is 1. The van der Waals surface area contributed by atoms with Crippen LogP contribution < -0.4 is 10.2 Å². The van der Waals surface area contributed by atoms with Gasteiger partial charge in [0, 0.05) is 31.4 Å². The summed E-state index contributed by atoms with van der Waals surface area (Å²) >= 11 is 0.